The standard InChI is InChI=1S/C11H13ClN2OS/c1-7-11(15)14(6-12)9-5-8(13-2)3-4-10(9)16-7/h3-5,7,13H,6H2,1-2H3. The van der Waals surface area contributed by atoms with Gasteiger partial charge in [0.1, 0.15) is 6.00 Å². The van der Waals surface area contributed by atoms with Crippen LogP contribution in [0.2, 0.25) is 0 Å². The number of amides is 1. The van der Waals surface area contributed by atoms with Crippen molar-refractivity contribution < 1.29 is 4.79 Å². The molecule has 1 aromatic carbocycles. The van der Waals surface area contributed by atoms with Crippen LogP contribution < -0.4 is 10.2 Å². The number of hydrogen-bond acceptors (Lipinski definition) is 3. The minimum Gasteiger partial charge on any atom is -0.388 e. The number of benzene rings is 1. The Morgan fingerprint density at radius 1 is 1.56 bits per heavy atom. The van der Waals surface area contributed by atoms with Crippen molar-refractivity contribution >= 4 is 40.6 Å². The van der Waals surface area contributed by atoms with E-state index >= 15 is 0 Å². The van der Waals surface area contributed by atoms with Gasteiger partial charge in [-0.3, -0.25) is 9.69 Å². The van der Waals surface area contributed by atoms with E-state index in [0.717, 1.165) is 16.3 Å². The lowest BCUT2D eigenvalue weighted by atomic mass is 10.2. The van der Waals surface area contributed by atoms with Gasteiger partial charge in [0, 0.05) is 17.6 Å². The van der Waals surface area contributed by atoms with Crippen LogP contribution in [0.1, 0.15) is 6.92 Å². The highest BCUT2D eigenvalue weighted by atomic mass is 35.5. The number of anilines is 2. The number of carbonyl (C=O) groups is 1. The Kier molecular flexibility index (Phi) is 3.30. The number of fused-ring (bicyclic) bond motifs is 1. The van der Waals surface area contributed by atoms with Crippen LogP contribution in [0.4, 0.5) is 11.4 Å². The first-order chi connectivity index (χ1) is 7.67. The second-order valence-corrected chi connectivity index (χ2v) is 5.20. The number of carbonyl (C=O) groups excluding carboxylic acids is 1. The number of hydrogen-bond donors (Lipinski definition) is 1. The van der Waals surface area contributed by atoms with Crippen molar-refractivity contribution in [2.75, 3.05) is 23.3 Å². The Morgan fingerprint density at radius 2 is 2.31 bits per heavy atom. The Labute approximate surface area is 104 Å². The molecule has 0 bridgehead atoms. The maximum absolute atomic E-state index is 11.9. The molecule has 1 aliphatic heterocycles. The van der Waals surface area contributed by atoms with Crippen molar-refractivity contribution in [1.82, 2.24) is 0 Å². The zero-order valence-corrected chi connectivity index (χ0v) is 10.7. The van der Waals surface area contributed by atoms with E-state index in [1.165, 1.54) is 0 Å². The molecule has 16 heavy (non-hydrogen) atoms. The van der Waals surface area contributed by atoms with Crippen LogP contribution in [0.3, 0.4) is 0 Å². The number of rotatable bonds is 2. The zero-order chi connectivity index (χ0) is 11.7. The van der Waals surface area contributed by atoms with Crippen LogP contribution in [0.15, 0.2) is 23.1 Å². The topological polar surface area (TPSA) is 32.3 Å². The summed E-state index contributed by atoms with van der Waals surface area (Å²) in [6.07, 6.45) is 0. The zero-order valence-electron chi connectivity index (χ0n) is 9.16. The Morgan fingerprint density at radius 3 is 2.94 bits per heavy atom. The Balaban J connectivity index is 2.48. The van der Waals surface area contributed by atoms with Gasteiger partial charge in [0.2, 0.25) is 5.91 Å². The first-order valence-corrected chi connectivity index (χ1v) is 6.44. The van der Waals surface area contributed by atoms with E-state index in [4.69, 9.17) is 11.6 Å². The fraction of sp³-hybridized carbons (Fsp3) is 0.364. The summed E-state index contributed by atoms with van der Waals surface area (Å²) < 4.78 is 0. The summed E-state index contributed by atoms with van der Waals surface area (Å²) in [4.78, 5) is 14.6. The van der Waals surface area contributed by atoms with Gasteiger partial charge in [-0.15, -0.1) is 23.4 Å². The largest absolute Gasteiger partial charge is 0.388 e. The molecule has 1 unspecified atom stereocenters. The van der Waals surface area contributed by atoms with Crippen LogP contribution in [-0.4, -0.2) is 24.2 Å². The first-order valence-electron chi connectivity index (χ1n) is 5.03. The molecule has 86 valence electrons. The van der Waals surface area contributed by atoms with Crippen LogP contribution >= 0.6 is 23.4 Å². The highest BCUT2D eigenvalue weighted by Crippen LogP contribution is 2.40. The van der Waals surface area contributed by atoms with Crippen LogP contribution in [-0.2, 0) is 4.79 Å². The minimum atomic E-state index is -0.0633. The first kappa shape index (κ1) is 11.6. The van der Waals surface area contributed by atoms with Gasteiger partial charge in [0.25, 0.3) is 0 Å². The van der Waals surface area contributed by atoms with Crippen molar-refractivity contribution in [3.8, 4) is 0 Å². The minimum absolute atomic E-state index is 0.0633. The molecule has 2 rings (SSSR count). The van der Waals surface area contributed by atoms with Crippen molar-refractivity contribution in [3.63, 3.8) is 0 Å². The summed E-state index contributed by atoms with van der Waals surface area (Å²) in [7, 11) is 1.85. The quantitative estimate of drug-likeness (QED) is 0.652. The summed E-state index contributed by atoms with van der Waals surface area (Å²) in [5.41, 5.74) is 1.88. The van der Waals surface area contributed by atoms with E-state index in [1.54, 1.807) is 16.7 Å². The van der Waals surface area contributed by atoms with Crippen molar-refractivity contribution in [3.05, 3.63) is 18.2 Å². The van der Waals surface area contributed by atoms with E-state index in [1.807, 2.05) is 32.2 Å². The third kappa shape index (κ3) is 1.87. The van der Waals surface area contributed by atoms with E-state index in [2.05, 4.69) is 5.32 Å². The molecule has 1 aliphatic rings. The van der Waals surface area contributed by atoms with Gasteiger partial charge in [0.05, 0.1) is 10.9 Å². The lowest BCUT2D eigenvalue weighted by molar-refractivity contribution is -0.117. The smallest absolute Gasteiger partial charge is 0.241 e. The number of alkyl halides is 1. The highest BCUT2D eigenvalue weighted by molar-refractivity contribution is 8.01. The van der Waals surface area contributed by atoms with Gasteiger partial charge in [-0.2, -0.15) is 0 Å². The summed E-state index contributed by atoms with van der Waals surface area (Å²) in [5.74, 6) is 0.0701. The van der Waals surface area contributed by atoms with Crippen LogP contribution in [0.25, 0.3) is 0 Å². The normalized spacial score (nSPS) is 19.6. The molecule has 1 aromatic rings. The predicted molar refractivity (Wildman–Crippen MR) is 69.5 cm³/mol. The summed E-state index contributed by atoms with van der Waals surface area (Å²) in [6, 6.07) is 6.17. The van der Waals surface area contributed by atoms with Crippen LogP contribution in [0, 0.1) is 0 Å². The molecule has 0 saturated carbocycles. The van der Waals surface area contributed by atoms with Crippen molar-refractivity contribution in [1.29, 1.82) is 0 Å². The van der Waals surface area contributed by atoms with E-state index < -0.39 is 0 Å². The van der Waals surface area contributed by atoms with Gasteiger partial charge in [0.15, 0.2) is 0 Å². The maximum atomic E-state index is 11.9. The molecule has 0 saturated heterocycles. The lowest BCUT2D eigenvalue weighted by Crippen LogP contribution is -2.38. The number of halogens is 1. The molecule has 5 heteroatoms. The molecule has 1 amide bonds. The molecular formula is C11H13ClN2OS. The SMILES string of the molecule is CNc1ccc2c(c1)N(CCl)C(=O)C(C)S2. The molecule has 0 fully saturated rings. The number of nitrogens with zero attached hydrogens (tertiary/aromatic N) is 1. The Hall–Kier alpha value is -0.870. The second-order valence-electron chi connectivity index (χ2n) is 3.58. The molecule has 0 radical (unpaired) electrons. The lowest BCUT2D eigenvalue weighted by Gasteiger charge is -2.31. The molecule has 1 heterocycles. The van der Waals surface area contributed by atoms with Gasteiger partial charge in [-0.05, 0) is 25.1 Å². The third-order valence-electron chi connectivity index (χ3n) is 2.58. The Bertz CT molecular complexity index is 424. The molecule has 1 atom stereocenters. The highest BCUT2D eigenvalue weighted by Gasteiger charge is 2.30. The van der Waals surface area contributed by atoms with Gasteiger partial charge in [-0.1, -0.05) is 0 Å². The summed E-state index contributed by atoms with van der Waals surface area (Å²) in [6.45, 7) is 1.90. The van der Waals surface area contributed by atoms with Crippen molar-refractivity contribution in [2.24, 2.45) is 0 Å². The van der Waals surface area contributed by atoms with E-state index in [-0.39, 0.29) is 17.2 Å². The fourth-order valence-corrected chi connectivity index (χ4v) is 2.98. The molecule has 3 nitrogen and oxygen atoms in total. The number of thioether (sulfide) groups is 1. The maximum Gasteiger partial charge on any atom is 0.241 e. The molecular weight excluding hydrogens is 244 g/mol. The monoisotopic (exact) mass is 256 g/mol. The van der Waals surface area contributed by atoms with E-state index in [9.17, 15) is 4.79 Å². The fourth-order valence-electron chi connectivity index (χ4n) is 1.69. The molecule has 0 spiro atoms. The second kappa shape index (κ2) is 4.55. The number of nitrogens with one attached hydrogen (secondary N) is 1. The molecule has 0 aromatic heterocycles. The third-order valence-corrected chi connectivity index (χ3v) is 3.97. The van der Waals surface area contributed by atoms with Crippen LogP contribution in [0.5, 0.6) is 0 Å². The van der Waals surface area contributed by atoms with Gasteiger partial charge < -0.3 is 5.32 Å². The molecule has 0 aliphatic carbocycles. The molecule has 1 N–H and O–H groups in total. The summed E-state index contributed by atoms with van der Waals surface area (Å²) in [5, 5.41) is 2.99. The average Bonchev–Trinajstić information content (AvgIpc) is 2.30. The van der Waals surface area contributed by atoms with Gasteiger partial charge in [-0.25, -0.2) is 0 Å². The summed E-state index contributed by atoms with van der Waals surface area (Å²) >= 11 is 7.42. The average molecular weight is 257 g/mol. The van der Waals surface area contributed by atoms with Crippen molar-refractivity contribution in [2.45, 2.75) is 17.1 Å². The van der Waals surface area contributed by atoms with Gasteiger partial charge >= 0.3 is 0 Å². The predicted octanol–water partition coefficient (Wildman–Crippen LogP) is 2.75. The van der Waals surface area contributed by atoms with E-state index in [0.29, 0.717) is 0 Å².